The fourth-order valence-electron chi connectivity index (χ4n) is 2.85. The highest BCUT2D eigenvalue weighted by molar-refractivity contribution is 5.93. The van der Waals surface area contributed by atoms with Gasteiger partial charge in [-0.3, -0.25) is 4.79 Å². The molecule has 20 heavy (non-hydrogen) atoms. The van der Waals surface area contributed by atoms with E-state index in [1.807, 2.05) is 4.90 Å². The zero-order valence-electron chi connectivity index (χ0n) is 12.7. The van der Waals surface area contributed by atoms with E-state index in [1.165, 1.54) is 37.7 Å². The third-order valence-electron chi connectivity index (χ3n) is 4.14. The third kappa shape index (κ3) is 4.36. The summed E-state index contributed by atoms with van der Waals surface area (Å²) in [5.41, 5.74) is 2.47. The Morgan fingerprint density at radius 3 is 2.45 bits per heavy atom. The molecule has 0 N–H and O–H groups in total. The van der Waals surface area contributed by atoms with Crippen molar-refractivity contribution in [2.24, 2.45) is 0 Å². The zero-order valence-corrected chi connectivity index (χ0v) is 12.7. The van der Waals surface area contributed by atoms with Gasteiger partial charge in [0.2, 0.25) is 5.91 Å². The van der Waals surface area contributed by atoms with E-state index < -0.39 is 0 Å². The summed E-state index contributed by atoms with van der Waals surface area (Å²) in [6, 6.07) is 8.61. The standard InChI is InChI=1S/C18H27NO/c1-2-3-4-5-6-9-16-11-13-17(14-12-16)19-15-8-7-10-18(19)20/h11-14H,2-10,15H2,1H3. The number of rotatable bonds is 7. The van der Waals surface area contributed by atoms with Crippen molar-refractivity contribution in [1.29, 1.82) is 0 Å². The molecule has 1 amide bonds. The molecule has 110 valence electrons. The van der Waals surface area contributed by atoms with Crippen LogP contribution in [-0.2, 0) is 11.2 Å². The molecule has 2 heteroatoms. The number of aryl methyl sites for hydroxylation is 1. The number of benzene rings is 1. The third-order valence-corrected chi connectivity index (χ3v) is 4.14. The first-order chi connectivity index (χ1) is 9.81. The van der Waals surface area contributed by atoms with Gasteiger partial charge in [-0.2, -0.15) is 0 Å². The van der Waals surface area contributed by atoms with Crippen LogP contribution < -0.4 is 4.90 Å². The molecule has 0 atom stereocenters. The molecule has 0 radical (unpaired) electrons. The Bertz CT molecular complexity index is 410. The zero-order chi connectivity index (χ0) is 14.2. The van der Waals surface area contributed by atoms with Crippen LogP contribution in [-0.4, -0.2) is 12.5 Å². The van der Waals surface area contributed by atoms with E-state index >= 15 is 0 Å². The van der Waals surface area contributed by atoms with Gasteiger partial charge in [-0.15, -0.1) is 0 Å². The van der Waals surface area contributed by atoms with Crippen LogP contribution >= 0.6 is 0 Å². The van der Waals surface area contributed by atoms with Crippen LogP contribution in [0.25, 0.3) is 0 Å². The van der Waals surface area contributed by atoms with E-state index in [1.54, 1.807) is 0 Å². The van der Waals surface area contributed by atoms with Gasteiger partial charge >= 0.3 is 0 Å². The maximum absolute atomic E-state index is 11.9. The van der Waals surface area contributed by atoms with Crippen molar-refractivity contribution < 1.29 is 4.79 Å². The van der Waals surface area contributed by atoms with Gasteiger partial charge in [-0.25, -0.2) is 0 Å². The minimum Gasteiger partial charge on any atom is -0.312 e. The first-order valence-electron chi connectivity index (χ1n) is 8.20. The number of nitrogens with zero attached hydrogens (tertiary/aromatic N) is 1. The molecule has 2 rings (SSSR count). The molecule has 2 nitrogen and oxygen atoms in total. The van der Waals surface area contributed by atoms with Crippen molar-refractivity contribution in [2.45, 2.75) is 64.7 Å². The second-order valence-electron chi connectivity index (χ2n) is 5.83. The fourth-order valence-corrected chi connectivity index (χ4v) is 2.85. The number of hydrogen-bond donors (Lipinski definition) is 0. The van der Waals surface area contributed by atoms with Crippen LogP contribution in [0.4, 0.5) is 5.69 Å². The normalized spacial score (nSPS) is 15.7. The van der Waals surface area contributed by atoms with E-state index in [4.69, 9.17) is 0 Å². The minimum absolute atomic E-state index is 0.281. The lowest BCUT2D eigenvalue weighted by molar-refractivity contribution is -0.119. The van der Waals surface area contributed by atoms with E-state index in [0.29, 0.717) is 6.42 Å². The second-order valence-corrected chi connectivity index (χ2v) is 5.83. The first kappa shape index (κ1) is 15.1. The molecular weight excluding hydrogens is 246 g/mol. The predicted molar refractivity (Wildman–Crippen MR) is 85.1 cm³/mol. The summed E-state index contributed by atoms with van der Waals surface area (Å²) in [5, 5.41) is 0. The molecule has 0 spiro atoms. The average Bonchev–Trinajstić information content (AvgIpc) is 2.48. The van der Waals surface area contributed by atoms with Gasteiger partial charge in [0.1, 0.15) is 0 Å². The molecule has 0 aromatic heterocycles. The summed E-state index contributed by atoms with van der Waals surface area (Å²) in [6.07, 6.45) is 10.7. The van der Waals surface area contributed by atoms with Gasteiger partial charge in [-0.1, -0.05) is 44.7 Å². The lowest BCUT2D eigenvalue weighted by atomic mass is 10.0. The minimum atomic E-state index is 0.281. The van der Waals surface area contributed by atoms with E-state index in [2.05, 4.69) is 31.2 Å². The summed E-state index contributed by atoms with van der Waals surface area (Å²) in [5.74, 6) is 0.281. The predicted octanol–water partition coefficient (Wildman–Crippen LogP) is 4.72. The Labute approximate surface area is 123 Å². The Hall–Kier alpha value is -1.31. The monoisotopic (exact) mass is 273 g/mol. The molecule has 1 heterocycles. The number of piperidine rings is 1. The van der Waals surface area contributed by atoms with Gasteiger partial charge in [0, 0.05) is 18.7 Å². The number of unbranched alkanes of at least 4 members (excludes halogenated alkanes) is 4. The molecule has 0 saturated carbocycles. The summed E-state index contributed by atoms with van der Waals surface area (Å²) in [6.45, 7) is 3.13. The molecule has 1 aromatic rings. The molecule has 1 saturated heterocycles. The maximum atomic E-state index is 11.9. The molecule has 1 aliphatic heterocycles. The van der Waals surface area contributed by atoms with Crippen molar-refractivity contribution in [2.75, 3.05) is 11.4 Å². The highest BCUT2D eigenvalue weighted by Gasteiger charge is 2.19. The Kier molecular flexibility index (Phi) is 6.10. The number of hydrogen-bond acceptors (Lipinski definition) is 1. The summed E-state index contributed by atoms with van der Waals surface area (Å²) >= 11 is 0. The van der Waals surface area contributed by atoms with E-state index in [-0.39, 0.29) is 5.91 Å². The van der Waals surface area contributed by atoms with Crippen LogP contribution in [0.3, 0.4) is 0 Å². The Balaban J connectivity index is 1.81. The fraction of sp³-hybridized carbons (Fsp3) is 0.611. The highest BCUT2D eigenvalue weighted by Crippen LogP contribution is 2.21. The molecule has 1 aliphatic rings. The summed E-state index contributed by atoms with van der Waals surface area (Å²) < 4.78 is 0. The van der Waals surface area contributed by atoms with Crippen molar-refractivity contribution >= 4 is 11.6 Å². The van der Waals surface area contributed by atoms with Gasteiger partial charge in [0.25, 0.3) is 0 Å². The topological polar surface area (TPSA) is 20.3 Å². The van der Waals surface area contributed by atoms with E-state index in [9.17, 15) is 4.79 Å². The van der Waals surface area contributed by atoms with E-state index in [0.717, 1.165) is 31.5 Å². The molecule has 1 fully saturated rings. The summed E-state index contributed by atoms with van der Waals surface area (Å²) in [4.78, 5) is 13.8. The average molecular weight is 273 g/mol. The van der Waals surface area contributed by atoms with Crippen molar-refractivity contribution in [1.82, 2.24) is 0 Å². The Morgan fingerprint density at radius 1 is 1.00 bits per heavy atom. The van der Waals surface area contributed by atoms with Crippen LogP contribution in [0.2, 0.25) is 0 Å². The molecule has 0 unspecified atom stereocenters. The number of carbonyl (C=O) groups excluding carboxylic acids is 1. The lowest BCUT2D eigenvalue weighted by Gasteiger charge is -2.26. The number of carbonyl (C=O) groups is 1. The molecule has 1 aromatic carbocycles. The van der Waals surface area contributed by atoms with Crippen molar-refractivity contribution in [3.05, 3.63) is 29.8 Å². The first-order valence-corrected chi connectivity index (χ1v) is 8.20. The lowest BCUT2D eigenvalue weighted by Crippen LogP contribution is -2.35. The quantitative estimate of drug-likeness (QED) is 0.658. The van der Waals surface area contributed by atoms with Crippen molar-refractivity contribution in [3.63, 3.8) is 0 Å². The molecular formula is C18H27NO. The Morgan fingerprint density at radius 2 is 1.75 bits per heavy atom. The van der Waals surface area contributed by atoms with Gasteiger partial charge in [0.15, 0.2) is 0 Å². The molecule has 0 aliphatic carbocycles. The van der Waals surface area contributed by atoms with Gasteiger partial charge in [-0.05, 0) is 43.4 Å². The van der Waals surface area contributed by atoms with Crippen LogP contribution in [0.15, 0.2) is 24.3 Å². The molecule has 0 bridgehead atoms. The van der Waals surface area contributed by atoms with Gasteiger partial charge in [0.05, 0.1) is 0 Å². The SMILES string of the molecule is CCCCCCCc1ccc(N2CCCCC2=O)cc1. The van der Waals surface area contributed by atoms with Crippen molar-refractivity contribution in [3.8, 4) is 0 Å². The van der Waals surface area contributed by atoms with Crippen LogP contribution in [0, 0.1) is 0 Å². The second kappa shape index (κ2) is 8.08. The summed E-state index contributed by atoms with van der Waals surface area (Å²) in [7, 11) is 0. The largest absolute Gasteiger partial charge is 0.312 e. The maximum Gasteiger partial charge on any atom is 0.226 e. The van der Waals surface area contributed by atoms with Crippen LogP contribution in [0.1, 0.15) is 63.9 Å². The number of amides is 1. The number of anilines is 1. The smallest absolute Gasteiger partial charge is 0.226 e. The van der Waals surface area contributed by atoms with Gasteiger partial charge < -0.3 is 4.90 Å². The van der Waals surface area contributed by atoms with Crippen LogP contribution in [0.5, 0.6) is 0 Å². The highest BCUT2D eigenvalue weighted by atomic mass is 16.2.